The predicted octanol–water partition coefficient (Wildman–Crippen LogP) is 7.78. The van der Waals surface area contributed by atoms with Crippen molar-refractivity contribution in [2.24, 2.45) is 5.92 Å². The molecule has 0 spiro atoms. The van der Waals surface area contributed by atoms with E-state index in [9.17, 15) is 9.59 Å². The fourth-order valence-corrected chi connectivity index (χ4v) is 5.98. The maximum atomic E-state index is 12.7. The van der Waals surface area contributed by atoms with Crippen molar-refractivity contribution in [3.05, 3.63) is 95.7 Å². The zero-order chi connectivity index (χ0) is 28.8. The first-order chi connectivity index (χ1) is 19.9. The molecule has 1 amide bonds. The van der Waals surface area contributed by atoms with E-state index in [1.807, 2.05) is 63.2 Å². The molecule has 8 heteroatoms. The average Bonchev–Trinajstić information content (AvgIpc) is 3.37. The second kappa shape index (κ2) is 13.1. The van der Waals surface area contributed by atoms with E-state index >= 15 is 0 Å². The minimum atomic E-state index is -0.517. The van der Waals surface area contributed by atoms with Gasteiger partial charge in [-0.25, -0.2) is 4.79 Å². The van der Waals surface area contributed by atoms with Crippen molar-refractivity contribution < 1.29 is 23.8 Å². The molecule has 2 unspecified atom stereocenters. The molecule has 212 valence electrons. The Morgan fingerprint density at radius 2 is 1.66 bits per heavy atom. The van der Waals surface area contributed by atoms with Gasteiger partial charge < -0.3 is 14.2 Å². The van der Waals surface area contributed by atoms with E-state index in [0.29, 0.717) is 31.9 Å². The molecule has 2 heterocycles. The van der Waals surface area contributed by atoms with Crippen LogP contribution in [0.2, 0.25) is 0 Å². The van der Waals surface area contributed by atoms with Gasteiger partial charge >= 0.3 is 12.1 Å². The van der Waals surface area contributed by atoms with Crippen LogP contribution in [0.3, 0.4) is 0 Å². The Morgan fingerprint density at radius 3 is 2.34 bits per heavy atom. The Balaban J connectivity index is 1.28. The van der Waals surface area contributed by atoms with Crippen LogP contribution < -0.4 is 5.32 Å². The van der Waals surface area contributed by atoms with E-state index in [4.69, 9.17) is 14.2 Å². The van der Waals surface area contributed by atoms with Crippen LogP contribution in [0, 0.1) is 12.8 Å². The number of hydrogen-bond donors (Lipinski definition) is 1. The standard InChI is InChI=1S/C33H34N2O5S/c1-4-39-32(36)28-18-19-38-20-29(28)26-14-10-24(11-15-26)25-12-16-27(17-13-25)31-30(21(2)35-41-31)34-33(37)40-22(3)23-8-6-5-7-9-23/h5-17,22,28-29H,4,18-20H2,1-3H3,(H,34,37)/t22-,28?,29?/m1/s1. The van der Waals surface area contributed by atoms with Crippen molar-refractivity contribution in [3.63, 3.8) is 0 Å². The van der Waals surface area contributed by atoms with Gasteiger partial charge in [0, 0.05) is 12.5 Å². The van der Waals surface area contributed by atoms with Gasteiger partial charge in [-0.05, 0) is 66.5 Å². The zero-order valence-electron chi connectivity index (χ0n) is 23.5. The summed E-state index contributed by atoms with van der Waals surface area (Å²) in [6.45, 7) is 7.03. The van der Waals surface area contributed by atoms with Gasteiger partial charge in [-0.1, -0.05) is 78.9 Å². The highest BCUT2D eigenvalue weighted by Crippen LogP contribution is 2.37. The first kappa shape index (κ1) is 28.5. The Morgan fingerprint density at radius 1 is 1.00 bits per heavy atom. The van der Waals surface area contributed by atoms with Gasteiger partial charge in [0.2, 0.25) is 0 Å². The van der Waals surface area contributed by atoms with Crippen LogP contribution in [0.5, 0.6) is 0 Å². The summed E-state index contributed by atoms with van der Waals surface area (Å²) < 4.78 is 21.1. The van der Waals surface area contributed by atoms with Crippen molar-refractivity contribution in [1.29, 1.82) is 0 Å². The molecule has 1 aromatic heterocycles. The number of ether oxygens (including phenoxy) is 3. The van der Waals surface area contributed by atoms with Gasteiger partial charge in [-0.3, -0.25) is 10.1 Å². The highest BCUT2D eigenvalue weighted by molar-refractivity contribution is 7.10. The first-order valence-electron chi connectivity index (χ1n) is 13.9. The molecule has 1 fully saturated rings. The number of nitrogens with one attached hydrogen (secondary N) is 1. The molecule has 3 aromatic carbocycles. The first-order valence-corrected chi connectivity index (χ1v) is 14.7. The van der Waals surface area contributed by atoms with E-state index in [-0.39, 0.29) is 23.9 Å². The molecule has 1 saturated heterocycles. The van der Waals surface area contributed by atoms with Crippen LogP contribution in [0.25, 0.3) is 21.6 Å². The van der Waals surface area contributed by atoms with Crippen LogP contribution in [0.4, 0.5) is 10.5 Å². The summed E-state index contributed by atoms with van der Waals surface area (Å²) in [6, 6.07) is 26.1. The molecule has 0 saturated carbocycles. The average molecular weight is 571 g/mol. The van der Waals surface area contributed by atoms with Gasteiger partial charge in [0.25, 0.3) is 0 Å². The molecule has 1 N–H and O–H groups in total. The van der Waals surface area contributed by atoms with Crippen molar-refractivity contribution in [2.45, 2.75) is 39.2 Å². The van der Waals surface area contributed by atoms with E-state index < -0.39 is 6.09 Å². The van der Waals surface area contributed by atoms with Crippen LogP contribution in [0.1, 0.15) is 49.1 Å². The summed E-state index contributed by atoms with van der Waals surface area (Å²) in [4.78, 5) is 26.1. The minimum absolute atomic E-state index is 0.0120. The number of hydrogen-bond acceptors (Lipinski definition) is 7. The van der Waals surface area contributed by atoms with Crippen molar-refractivity contribution in [2.75, 3.05) is 25.1 Å². The zero-order valence-corrected chi connectivity index (χ0v) is 24.3. The Hall–Kier alpha value is -4.01. The highest BCUT2D eigenvalue weighted by Gasteiger charge is 2.33. The van der Waals surface area contributed by atoms with Gasteiger partial charge in [0.05, 0.1) is 35.4 Å². The fourth-order valence-electron chi connectivity index (χ4n) is 5.13. The number of aryl methyl sites for hydroxylation is 1. The largest absolute Gasteiger partial charge is 0.466 e. The lowest BCUT2D eigenvalue weighted by molar-refractivity contribution is -0.152. The molecular weight excluding hydrogens is 536 g/mol. The van der Waals surface area contributed by atoms with Gasteiger partial charge in [0.15, 0.2) is 0 Å². The number of benzene rings is 3. The summed E-state index contributed by atoms with van der Waals surface area (Å²) in [7, 11) is 0. The van der Waals surface area contributed by atoms with E-state index in [1.165, 1.54) is 11.5 Å². The predicted molar refractivity (Wildman–Crippen MR) is 161 cm³/mol. The third-order valence-electron chi connectivity index (χ3n) is 7.41. The molecule has 41 heavy (non-hydrogen) atoms. The molecular formula is C33H34N2O5S. The van der Waals surface area contributed by atoms with Crippen LogP contribution in [-0.2, 0) is 19.0 Å². The minimum Gasteiger partial charge on any atom is -0.466 e. The third kappa shape index (κ3) is 6.66. The van der Waals surface area contributed by atoms with E-state index in [0.717, 1.165) is 38.4 Å². The monoisotopic (exact) mass is 570 g/mol. The lowest BCUT2D eigenvalue weighted by Gasteiger charge is -2.30. The van der Waals surface area contributed by atoms with Crippen molar-refractivity contribution >= 4 is 29.3 Å². The lowest BCUT2D eigenvalue weighted by atomic mass is 9.82. The van der Waals surface area contributed by atoms with Crippen LogP contribution >= 0.6 is 11.5 Å². The number of amides is 1. The van der Waals surface area contributed by atoms with Crippen molar-refractivity contribution in [3.8, 4) is 21.6 Å². The van der Waals surface area contributed by atoms with Crippen molar-refractivity contribution in [1.82, 2.24) is 4.37 Å². The second-order valence-electron chi connectivity index (χ2n) is 10.1. The van der Waals surface area contributed by atoms with Crippen LogP contribution in [0.15, 0.2) is 78.9 Å². The molecule has 3 atom stereocenters. The number of rotatable bonds is 8. The normalized spacial score (nSPS) is 17.4. The molecule has 1 aliphatic rings. The van der Waals surface area contributed by atoms with E-state index in [1.54, 1.807) is 0 Å². The molecule has 0 bridgehead atoms. The number of aromatic nitrogens is 1. The highest BCUT2D eigenvalue weighted by atomic mass is 32.1. The summed E-state index contributed by atoms with van der Waals surface area (Å²) in [5, 5.41) is 2.90. The Kier molecular flexibility index (Phi) is 9.11. The Bertz CT molecular complexity index is 1470. The lowest BCUT2D eigenvalue weighted by Crippen LogP contribution is -2.32. The van der Waals surface area contributed by atoms with Crippen LogP contribution in [-0.4, -0.2) is 36.3 Å². The van der Waals surface area contributed by atoms with Gasteiger partial charge in [-0.2, -0.15) is 4.37 Å². The van der Waals surface area contributed by atoms with E-state index in [2.05, 4.69) is 46.1 Å². The molecule has 0 aliphatic carbocycles. The molecule has 0 radical (unpaired) electrons. The Labute approximate surface area is 244 Å². The van der Waals surface area contributed by atoms with Gasteiger partial charge in [0.1, 0.15) is 6.10 Å². The third-order valence-corrected chi connectivity index (χ3v) is 8.40. The van der Waals surface area contributed by atoms with Gasteiger partial charge in [-0.15, -0.1) is 0 Å². The molecule has 4 aromatic rings. The summed E-state index contributed by atoms with van der Waals surface area (Å²) in [6.07, 6.45) is -0.222. The number of carbonyl (C=O) groups excluding carboxylic acids is 2. The maximum Gasteiger partial charge on any atom is 0.412 e. The topological polar surface area (TPSA) is 86.8 Å². The summed E-state index contributed by atoms with van der Waals surface area (Å²) in [5.74, 6) is -0.341. The smallest absolute Gasteiger partial charge is 0.412 e. The number of nitrogens with zero attached hydrogens (tertiary/aromatic N) is 1. The molecule has 7 nitrogen and oxygen atoms in total. The molecule has 5 rings (SSSR count). The SMILES string of the molecule is CCOC(=O)C1CCOCC1c1ccc(-c2ccc(-c3snc(C)c3NC(=O)O[C@H](C)c3ccccc3)cc2)cc1. The quantitative estimate of drug-likeness (QED) is 0.218. The number of anilines is 1. The molecule has 1 aliphatic heterocycles. The number of carbonyl (C=O) groups is 2. The fraction of sp³-hybridized carbons (Fsp3) is 0.303. The summed E-state index contributed by atoms with van der Waals surface area (Å²) in [5.41, 5.74) is 6.49. The maximum absolute atomic E-state index is 12.7. The summed E-state index contributed by atoms with van der Waals surface area (Å²) >= 11 is 1.34. The second-order valence-corrected chi connectivity index (χ2v) is 10.9. The number of esters is 1.